The van der Waals surface area contributed by atoms with Crippen LogP contribution in [0, 0.1) is 0 Å². The van der Waals surface area contributed by atoms with Crippen molar-refractivity contribution in [2.75, 3.05) is 13.2 Å². The molecule has 0 aliphatic heterocycles. The molecule has 13 nitrogen and oxygen atoms in total. The van der Waals surface area contributed by atoms with Crippen LogP contribution in [-0.2, 0) is 32.7 Å². The molecule has 6 N–H and O–H groups in total. The third-order valence-corrected chi connectivity index (χ3v) is 13.2. The van der Waals surface area contributed by atoms with Gasteiger partial charge < -0.3 is 39.9 Å². The highest BCUT2D eigenvalue weighted by Crippen LogP contribution is 2.47. The summed E-state index contributed by atoms with van der Waals surface area (Å²) < 4.78 is 33.6. The predicted octanol–water partition coefficient (Wildman–Crippen LogP) is 10.5. The minimum absolute atomic E-state index is 0.105. The number of hydrogen-bond acceptors (Lipinski definition) is 12. The van der Waals surface area contributed by atoms with E-state index in [1.807, 2.05) is 0 Å². The van der Waals surface area contributed by atoms with Crippen molar-refractivity contribution in [1.82, 2.24) is 0 Å². The van der Waals surface area contributed by atoms with Crippen molar-refractivity contribution in [2.45, 2.75) is 281 Å². The molecule has 8 atom stereocenters. The Bertz CT molecular complexity index is 1100. The average molecular weight is 909 g/mol. The summed E-state index contributed by atoms with van der Waals surface area (Å²) in [4.78, 5) is 35.8. The molecule has 0 aromatic heterocycles. The number of aliphatic hydroxyl groups is 5. The number of hydrogen-bond donors (Lipinski definition) is 6. The Balaban J connectivity index is 2.38. The second-order valence-corrected chi connectivity index (χ2v) is 19.4. The zero-order valence-electron chi connectivity index (χ0n) is 39.2. The molecule has 0 bridgehead atoms. The van der Waals surface area contributed by atoms with Crippen LogP contribution >= 0.6 is 7.82 Å². The molecule has 0 radical (unpaired) electrons. The Morgan fingerprint density at radius 1 is 0.435 bits per heavy atom. The number of phosphoric ester groups is 1. The van der Waals surface area contributed by atoms with Crippen LogP contribution in [0.15, 0.2) is 0 Å². The number of carbonyl (C=O) groups is 2. The Kier molecular flexibility index (Phi) is 37.1. The first-order valence-corrected chi connectivity index (χ1v) is 26.8. The molecular formula is C48H93O13P. The first-order valence-electron chi connectivity index (χ1n) is 25.3. The fourth-order valence-corrected chi connectivity index (χ4v) is 9.09. The summed E-state index contributed by atoms with van der Waals surface area (Å²) in [5.74, 6) is -1.08. The number of phosphoric acid groups is 1. The molecule has 1 fully saturated rings. The molecule has 1 rings (SSSR count). The molecule has 0 aromatic carbocycles. The molecule has 1 aliphatic rings. The van der Waals surface area contributed by atoms with Gasteiger partial charge in [0, 0.05) is 12.8 Å². The summed E-state index contributed by atoms with van der Waals surface area (Å²) >= 11 is 0. The van der Waals surface area contributed by atoms with Gasteiger partial charge in [0.2, 0.25) is 0 Å². The van der Waals surface area contributed by atoms with Gasteiger partial charge in [-0.15, -0.1) is 0 Å². The summed E-state index contributed by atoms with van der Waals surface area (Å²) in [6.07, 6.45) is 27.2. The minimum atomic E-state index is -5.11. The zero-order valence-corrected chi connectivity index (χ0v) is 40.1. The molecule has 0 aromatic rings. The number of rotatable bonds is 43. The van der Waals surface area contributed by atoms with Gasteiger partial charge in [0.25, 0.3) is 0 Å². The van der Waals surface area contributed by atoms with Gasteiger partial charge in [-0.05, 0) is 12.8 Å². The second kappa shape index (κ2) is 39.1. The lowest BCUT2D eigenvalue weighted by atomic mass is 9.85. The smallest absolute Gasteiger partial charge is 0.462 e. The molecule has 368 valence electrons. The number of esters is 2. The maximum Gasteiger partial charge on any atom is 0.472 e. The summed E-state index contributed by atoms with van der Waals surface area (Å²) in [6, 6.07) is 0. The number of aliphatic hydroxyl groups excluding tert-OH is 5. The van der Waals surface area contributed by atoms with E-state index in [1.165, 1.54) is 161 Å². The lowest BCUT2D eigenvalue weighted by Gasteiger charge is -2.41. The molecule has 1 aliphatic carbocycles. The fourth-order valence-electron chi connectivity index (χ4n) is 8.11. The maximum atomic E-state index is 12.8. The quantitative estimate of drug-likeness (QED) is 0.0191. The summed E-state index contributed by atoms with van der Waals surface area (Å²) in [7, 11) is -5.11. The van der Waals surface area contributed by atoms with Crippen LogP contribution in [0.25, 0.3) is 0 Å². The highest BCUT2D eigenvalue weighted by Gasteiger charge is 2.51. The van der Waals surface area contributed by atoms with Gasteiger partial charge in [-0.3, -0.25) is 18.6 Å². The van der Waals surface area contributed by atoms with Gasteiger partial charge in [-0.25, -0.2) is 4.57 Å². The Labute approximate surface area is 376 Å². The standard InChI is InChI=1S/C48H93O13P/c1-3-5-7-9-11-13-15-17-19-20-21-22-23-25-27-29-31-33-35-37-42(50)60-40(39-59-62(56,57)61-48-46(54)44(52)43(51)45(53)47(48)55)38-58-41(49)36-34-32-30-28-26-24-18-16-14-12-10-8-6-4-2/h40,43-48,51-55H,3-39H2,1-2H3,(H,56,57)/t40-,43?,44+,45?,46?,47?,48?/m1/s1. The van der Waals surface area contributed by atoms with Crippen LogP contribution in [0.3, 0.4) is 0 Å². The summed E-state index contributed by atoms with van der Waals surface area (Å²) in [5, 5.41) is 50.2. The molecule has 0 saturated heterocycles. The Hall–Kier alpha value is -1.15. The van der Waals surface area contributed by atoms with Gasteiger partial charge in [-0.2, -0.15) is 0 Å². The van der Waals surface area contributed by atoms with Crippen LogP contribution in [0.4, 0.5) is 0 Å². The van der Waals surface area contributed by atoms with Crippen molar-refractivity contribution in [3.8, 4) is 0 Å². The van der Waals surface area contributed by atoms with E-state index < -0.39 is 75.7 Å². The minimum Gasteiger partial charge on any atom is -0.462 e. The van der Waals surface area contributed by atoms with E-state index >= 15 is 0 Å². The normalized spacial score (nSPS) is 21.7. The van der Waals surface area contributed by atoms with Crippen molar-refractivity contribution in [3.05, 3.63) is 0 Å². The first kappa shape index (κ1) is 58.9. The lowest BCUT2D eigenvalue weighted by Crippen LogP contribution is -2.64. The fraction of sp³-hybridized carbons (Fsp3) is 0.958. The third kappa shape index (κ3) is 30.9. The van der Waals surface area contributed by atoms with E-state index in [-0.39, 0.29) is 12.8 Å². The first-order chi connectivity index (χ1) is 29.9. The van der Waals surface area contributed by atoms with Crippen molar-refractivity contribution < 1.29 is 63.1 Å². The third-order valence-electron chi connectivity index (χ3n) is 12.2. The van der Waals surface area contributed by atoms with Crippen LogP contribution in [0.1, 0.15) is 239 Å². The highest BCUT2D eigenvalue weighted by atomic mass is 31.2. The van der Waals surface area contributed by atoms with Crippen molar-refractivity contribution in [3.63, 3.8) is 0 Å². The van der Waals surface area contributed by atoms with Gasteiger partial charge >= 0.3 is 19.8 Å². The van der Waals surface area contributed by atoms with Crippen molar-refractivity contribution >= 4 is 19.8 Å². The van der Waals surface area contributed by atoms with Crippen LogP contribution in [-0.4, -0.2) is 98.3 Å². The van der Waals surface area contributed by atoms with Gasteiger partial charge in [0.1, 0.15) is 43.2 Å². The highest BCUT2D eigenvalue weighted by molar-refractivity contribution is 7.47. The molecule has 14 heteroatoms. The molecule has 1 saturated carbocycles. The van der Waals surface area contributed by atoms with Gasteiger partial charge in [0.15, 0.2) is 6.10 Å². The molecule has 0 spiro atoms. The zero-order chi connectivity index (χ0) is 45.7. The molecule has 62 heavy (non-hydrogen) atoms. The van der Waals surface area contributed by atoms with E-state index in [2.05, 4.69) is 13.8 Å². The molecule has 0 amide bonds. The number of carbonyl (C=O) groups excluding carboxylic acids is 2. The predicted molar refractivity (Wildman–Crippen MR) is 244 cm³/mol. The average Bonchev–Trinajstić information content (AvgIpc) is 3.25. The van der Waals surface area contributed by atoms with Crippen LogP contribution < -0.4 is 0 Å². The molecule has 6 unspecified atom stereocenters. The van der Waals surface area contributed by atoms with Crippen LogP contribution in [0.2, 0.25) is 0 Å². The number of unbranched alkanes of at least 4 members (excludes halogenated alkanes) is 31. The van der Waals surface area contributed by atoms with E-state index in [0.29, 0.717) is 12.8 Å². The van der Waals surface area contributed by atoms with E-state index in [1.54, 1.807) is 0 Å². The van der Waals surface area contributed by atoms with Gasteiger partial charge in [-0.1, -0.05) is 213 Å². The van der Waals surface area contributed by atoms with Gasteiger partial charge in [0.05, 0.1) is 6.61 Å². The second-order valence-electron chi connectivity index (χ2n) is 18.0. The molecule has 0 heterocycles. The Morgan fingerprint density at radius 2 is 0.726 bits per heavy atom. The SMILES string of the molecule is CCCCCCCCCCCCCCCCCCCCCC(=O)O[C@H](COC(=O)CCCCCCCCCCCCCCCC)COP(=O)(O)OC1C(O)C(O)C(O)[C@H](O)C1O. The summed E-state index contributed by atoms with van der Waals surface area (Å²) in [5.41, 5.74) is 0. The van der Waals surface area contributed by atoms with E-state index in [0.717, 1.165) is 38.5 Å². The topological polar surface area (TPSA) is 210 Å². The van der Waals surface area contributed by atoms with E-state index in [4.69, 9.17) is 18.5 Å². The van der Waals surface area contributed by atoms with Crippen molar-refractivity contribution in [2.24, 2.45) is 0 Å². The molecular weight excluding hydrogens is 815 g/mol. The maximum absolute atomic E-state index is 12.8. The van der Waals surface area contributed by atoms with Crippen LogP contribution in [0.5, 0.6) is 0 Å². The van der Waals surface area contributed by atoms with Crippen molar-refractivity contribution in [1.29, 1.82) is 0 Å². The summed E-state index contributed by atoms with van der Waals surface area (Å²) in [6.45, 7) is 3.34. The lowest BCUT2D eigenvalue weighted by molar-refractivity contribution is -0.220. The Morgan fingerprint density at radius 3 is 1.06 bits per heavy atom. The monoisotopic (exact) mass is 909 g/mol. The van der Waals surface area contributed by atoms with E-state index in [9.17, 15) is 44.6 Å². The largest absolute Gasteiger partial charge is 0.472 e. The number of ether oxygens (including phenoxy) is 2.